The Kier molecular flexibility index (Phi) is 7.75. The molecule has 0 radical (unpaired) electrons. The van der Waals surface area contributed by atoms with Gasteiger partial charge in [0, 0.05) is 48.5 Å². The van der Waals surface area contributed by atoms with E-state index in [1.807, 2.05) is 45.1 Å². The van der Waals surface area contributed by atoms with Crippen LogP contribution in [0.3, 0.4) is 0 Å². The lowest BCUT2D eigenvalue weighted by Crippen LogP contribution is -2.44. The van der Waals surface area contributed by atoms with Crippen LogP contribution in [0.1, 0.15) is 65.4 Å². The second-order valence-corrected chi connectivity index (χ2v) is 13.3. The molecule has 1 aromatic heterocycles. The highest BCUT2D eigenvalue weighted by atomic mass is 32.2. The summed E-state index contributed by atoms with van der Waals surface area (Å²) < 4.78 is 25.5. The molecule has 2 heterocycles. The summed E-state index contributed by atoms with van der Waals surface area (Å²) in [5.74, 6) is 1.48. The third-order valence-electron chi connectivity index (χ3n) is 7.20. The topological polar surface area (TPSA) is 76.6 Å². The van der Waals surface area contributed by atoms with Crippen LogP contribution < -0.4 is 10.2 Å². The van der Waals surface area contributed by atoms with Crippen LogP contribution in [0.4, 0.5) is 15.0 Å². The molecule has 7 nitrogen and oxygen atoms in total. The molecule has 1 saturated carbocycles. The van der Waals surface area contributed by atoms with Crippen LogP contribution in [-0.4, -0.2) is 47.5 Å². The SMILES string of the molecule is CC1CC(NC(=O)OC(C)(C)C)=CC=C1c1nc(N2CCOC[C@@H]2C)cc(C2([SH+]c3ccccc3F)CC2)n1. The third kappa shape index (κ3) is 6.47. The maximum Gasteiger partial charge on any atom is 0.411 e. The van der Waals surface area contributed by atoms with E-state index in [0.29, 0.717) is 30.4 Å². The molecular weight excluding hydrogens is 515 g/mol. The predicted octanol–water partition coefficient (Wildman–Crippen LogP) is 5.54. The first-order valence-corrected chi connectivity index (χ1v) is 14.5. The molecular formula is C30H38FN4O3S+. The number of aromatic nitrogens is 2. The van der Waals surface area contributed by atoms with Crippen molar-refractivity contribution in [3.05, 3.63) is 65.5 Å². The number of nitrogens with one attached hydrogen (secondary N) is 1. The fraction of sp³-hybridized carbons (Fsp3) is 0.500. The molecule has 1 amide bonds. The lowest BCUT2D eigenvalue weighted by atomic mass is 9.90. The van der Waals surface area contributed by atoms with Crippen molar-refractivity contribution in [3.8, 4) is 0 Å². The Hall–Kier alpha value is -2.91. The number of alkyl carbamates (subject to hydrolysis) is 1. The molecule has 3 aliphatic rings. The number of ether oxygens (including phenoxy) is 2. The standard InChI is InChI=1S/C30H37FN4O3S/c1-19-16-21(32-28(36)38-29(3,4)5)10-11-22(19)27-33-25(17-26(34-27)35-14-15-37-18-20(35)2)30(12-13-30)39-24-9-7-6-8-23(24)31/h6-11,17,19-20H,12-16,18H2,1-5H3,(H,32,36)/p+1/t19?,20-/m0/s1. The van der Waals surface area contributed by atoms with Gasteiger partial charge in [-0.25, -0.2) is 19.2 Å². The van der Waals surface area contributed by atoms with E-state index in [4.69, 9.17) is 19.4 Å². The molecule has 0 bridgehead atoms. The Bertz CT molecular complexity index is 1300. The fourth-order valence-electron chi connectivity index (χ4n) is 5.02. The summed E-state index contributed by atoms with van der Waals surface area (Å²) >= 11 is 0.932. The van der Waals surface area contributed by atoms with Gasteiger partial charge in [-0.15, -0.1) is 0 Å². The number of carbonyl (C=O) groups excluding carboxylic acids is 1. The van der Waals surface area contributed by atoms with Crippen molar-refractivity contribution >= 4 is 29.2 Å². The van der Waals surface area contributed by atoms with Gasteiger partial charge in [-0.2, -0.15) is 0 Å². The van der Waals surface area contributed by atoms with E-state index in [0.717, 1.165) is 53.9 Å². The zero-order valence-electron chi connectivity index (χ0n) is 23.3. The molecule has 1 saturated heterocycles. The normalized spacial score (nSPS) is 22.6. The van der Waals surface area contributed by atoms with Gasteiger partial charge in [0.25, 0.3) is 0 Å². The van der Waals surface area contributed by atoms with E-state index >= 15 is 0 Å². The highest BCUT2D eigenvalue weighted by Gasteiger charge is 2.55. The number of carbonyl (C=O) groups is 1. The van der Waals surface area contributed by atoms with E-state index in [9.17, 15) is 9.18 Å². The first-order chi connectivity index (χ1) is 18.5. The monoisotopic (exact) mass is 553 g/mol. The summed E-state index contributed by atoms with van der Waals surface area (Å²) in [4.78, 5) is 25.5. The van der Waals surface area contributed by atoms with Gasteiger partial charge in [0.2, 0.25) is 0 Å². The molecule has 39 heavy (non-hydrogen) atoms. The smallest absolute Gasteiger partial charge is 0.411 e. The number of allylic oxidation sites excluding steroid dienone is 4. The minimum Gasteiger partial charge on any atom is -0.444 e. The number of morpholine rings is 1. The van der Waals surface area contributed by atoms with Gasteiger partial charge in [0.05, 0.1) is 19.3 Å². The Morgan fingerprint density at radius 2 is 1.97 bits per heavy atom. The van der Waals surface area contributed by atoms with Gasteiger partial charge in [-0.1, -0.05) is 25.1 Å². The van der Waals surface area contributed by atoms with E-state index in [-0.39, 0.29) is 22.5 Å². The molecule has 9 heteroatoms. The minimum atomic E-state index is -0.562. The minimum absolute atomic E-state index is 0.0874. The highest BCUT2D eigenvalue weighted by molar-refractivity contribution is 7.80. The summed E-state index contributed by atoms with van der Waals surface area (Å²) in [6.45, 7) is 11.9. The van der Waals surface area contributed by atoms with Crippen LogP contribution in [0, 0.1) is 11.7 Å². The van der Waals surface area contributed by atoms with Gasteiger partial charge >= 0.3 is 6.09 Å². The molecule has 1 unspecified atom stereocenters. The zero-order valence-corrected chi connectivity index (χ0v) is 24.2. The van der Waals surface area contributed by atoms with Crippen LogP contribution in [0.15, 0.2) is 53.1 Å². The van der Waals surface area contributed by atoms with Crippen molar-refractivity contribution < 1.29 is 18.7 Å². The molecule has 2 aromatic rings. The lowest BCUT2D eigenvalue weighted by Gasteiger charge is -2.35. The number of halogens is 1. The number of hydrogen-bond acceptors (Lipinski definition) is 6. The number of rotatable bonds is 6. The Labute approximate surface area is 234 Å². The average molecular weight is 554 g/mol. The number of hydrogen-bond donors (Lipinski definition) is 1. The molecule has 1 N–H and O–H groups in total. The van der Waals surface area contributed by atoms with Crippen molar-refractivity contribution in [2.24, 2.45) is 5.92 Å². The Morgan fingerprint density at radius 3 is 2.64 bits per heavy atom. The molecule has 1 aliphatic heterocycles. The predicted molar refractivity (Wildman–Crippen MR) is 153 cm³/mol. The summed E-state index contributed by atoms with van der Waals surface area (Å²) in [6.07, 6.45) is 6.01. The Morgan fingerprint density at radius 1 is 1.21 bits per heavy atom. The van der Waals surface area contributed by atoms with Gasteiger partial charge in [0.1, 0.15) is 17.1 Å². The molecule has 2 aliphatic carbocycles. The summed E-state index contributed by atoms with van der Waals surface area (Å²) in [5, 5.41) is 2.88. The van der Waals surface area contributed by atoms with Crippen LogP contribution in [0.2, 0.25) is 0 Å². The zero-order chi connectivity index (χ0) is 27.8. The summed E-state index contributed by atoms with van der Waals surface area (Å²) in [5.41, 5.74) is 2.22. The maximum atomic E-state index is 14.6. The molecule has 1 aromatic carbocycles. The van der Waals surface area contributed by atoms with Gasteiger partial charge in [0.15, 0.2) is 21.3 Å². The molecule has 2 fully saturated rings. The van der Waals surface area contributed by atoms with Gasteiger partial charge in [-0.05, 0) is 58.2 Å². The van der Waals surface area contributed by atoms with E-state index in [1.165, 1.54) is 6.07 Å². The largest absolute Gasteiger partial charge is 0.444 e. The van der Waals surface area contributed by atoms with Gasteiger partial charge in [-0.3, -0.25) is 5.32 Å². The van der Waals surface area contributed by atoms with E-state index < -0.39 is 11.7 Å². The third-order valence-corrected chi connectivity index (χ3v) is 8.91. The quantitative estimate of drug-likeness (QED) is 0.374. The van der Waals surface area contributed by atoms with Crippen LogP contribution in [-0.2, 0) is 26.0 Å². The first kappa shape index (κ1) is 27.6. The molecule has 0 spiro atoms. The van der Waals surface area contributed by atoms with E-state index in [2.05, 4.69) is 30.1 Å². The fourth-order valence-corrected chi connectivity index (χ4v) is 6.39. The number of thiol groups is 1. The molecule has 208 valence electrons. The average Bonchev–Trinajstić information content (AvgIpc) is 3.65. The van der Waals surface area contributed by atoms with Crippen molar-refractivity contribution in [2.45, 2.75) is 75.2 Å². The van der Waals surface area contributed by atoms with Crippen molar-refractivity contribution in [1.82, 2.24) is 15.3 Å². The van der Waals surface area contributed by atoms with Crippen molar-refractivity contribution in [1.29, 1.82) is 0 Å². The number of nitrogens with zero attached hydrogens (tertiary/aromatic N) is 3. The van der Waals surface area contributed by atoms with Crippen molar-refractivity contribution in [2.75, 3.05) is 24.7 Å². The first-order valence-electron chi connectivity index (χ1n) is 13.7. The Balaban J connectivity index is 1.48. The van der Waals surface area contributed by atoms with Crippen LogP contribution in [0.5, 0.6) is 0 Å². The second kappa shape index (κ2) is 10.9. The summed E-state index contributed by atoms with van der Waals surface area (Å²) in [7, 11) is 0. The molecule has 2 atom stereocenters. The van der Waals surface area contributed by atoms with E-state index in [1.54, 1.807) is 6.07 Å². The second-order valence-electron chi connectivity index (χ2n) is 11.7. The lowest BCUT2D eigenvalue weighted by molar-refractivity contribution is 0.0543. The number of amides is 1. The number of anilines is 1. The van der Waals surface area contributed by atoms with Crippen molar-refractivity contribution in [3.63, 3.8) is 0 Å². The van der Waals surface area contributed by atoms with Crippen LogP contribution in [0.25, 0.3) is 5.57 Å². The number of benzene rings is 1. The highest BCUT2D eigenvalue weighted by Crippen LogP contribution is 2.51. The maximum absolute atomic E-state index is 14.6. The van der Waals surface area contributed by atoms with Crippen LogP contribution >= 0.6 is 0 Å². The van der Waals surface area contributed by atoms with Gasteiger partial charge < -0.3 is 14.4 Å². The molecule has 5 rings (SSSR count). The summed E-state index contributed by atoms with van der Waals surface area (Å²) in [6, 6.07) is 9.29.